The van der Waals surface area contributed by atoms with E-state index in [9.17, 15) is 14.0 Å². The van der Waals surface area contributed by atoms with Gasteiger partial charge in [-0.15, -0.1) is 0 Å². The van der Waals surface area contributed by atoms with Crippen LogP contribution in [-0.4, -0.2) is 53.2 Å². The van der Waals surface area contributed by atoms with Gasteiger partial charge in [-0.3, -0.25) is 15.0 Å². The predicted octanol–water partition coefficient (Wildman–Crippen LogP) is 2.68. The molecule has 1 aromatic carbocycles. The molecule has 1 fully saturated rings. The molecule has 1 aliphatic rings. The molecule has 3 amide bonds. The van der Waals surface area contributed by atoms with Crippen molar-refractivity contribution in [3.05, 3.63) is 36.0 Å². The lowest BCUT2D eigenvalue weighted by atomic mass is 9.98. The van der Waals surface area contributed by atoms with Gasteiger partial charge in [0.1, 0.15) is 5.82 Å². The van der Waals surface area contributed by atoms with Crippen molar-refractivity contribution in [1.29, 1.82) is 0 Å². The minimum absolute atomic E-state index is 0.00950. The molecule has 2 N–H and O–H groups in total. The van der Waals surface area contributed by atoms with Gasteiger partial charge in [0, 0.05) is 18.7 Å². The first kappa shape index (κ1) is 20.9. The first-order chi connectivity index (χ1) is 14.0. The largest absolute Gasteiger partial charge is 0.339 e. The van der Waals surface area contributed by atoms with Gasteiger partial charge in [-0.2, -0.15) is 4.98 Å². The minimum Gasteiger partial charge on any atom is -0.339 e. The van der Waals surface area contributed by atoms with E-state index in [0.717, 1.165) is 32.2 Å². The number of amides is 3. The van der Waals surface area contributed by atoms with E-state index in [1.54, 1.807) is 12.1 Å². The average Bonchev–Trinajstić information content (AvgIpc) is 3.18. The number of hydrogen-bond acceptors (Lipinski definition) is 6. The number of urea groups is 1. The number of hydrogen-bond donors (Lipinski definition) is 2. The molecule has 0 bridgehead atoms. The molecular weight excluding hydrogens is 377 g/mol. The van der Waals surface area contributed by atoms with E-state index in [1.807, 2.05) is 11.8 Å². The van der Waals surface area contributed by atoms with Gasteiger partial charge in [0.2, 0.25) is 17.6 Å². The Morgan fingerprint density at radius 1 is 1.38 bits per heavy atom. The van der Waals surface area contributed by atoms with E-state index in [2.05, 4.69) is 20.8 Å². The highest BCUT2D eigenvalue weighted by molar-refractivity contribution is 5.95. The highest BCUT2D eigenvalue weighted by Gasteiger charge is 2.27. The average molecular weight is 403 g/mol. The molecule has 2 aromatic rings. The molecule has 3 rings (SSSR count). The molecule has 1 aromatic heterocycles. The summed E-state index contributed by atoms with van der Waals surface area (Å²) in [5, 5.41) is 8.97. The van der Waals surface area contributed by atoms with Crippen LogP contribution in [0.3, 0.4) is 0 Å². The van der Waals surface area contributed by atoms with Crippen LogP contribution >= 0.6 is 0 Å². The fourth-order valence-electron chi connectivity index (χ4n) is 3.34. The zero-order chi connectivity index (χ0) is 20.6. The maximum atomic E-state index is 13.4. The Bertz CT molecular complexity index is 841. The van der Waals surface area contributed by atoms with Gasteiger partial charge >= 0.3 is 6.03 Å². The Morgan fingerprint density at radius 2 is 2.24 bits per heavy atom. The van der Waals surface area contributed by atoms with Crippen LogP contribution in [0.25, 0.3) is 11.4 Å². The second-order valence-corrected chi connectivity index (χ2v) is 7.20. The van der Waals surface area contributed by atoms with Crippen LogP contribution in [-0.2, 0) is 4.79 Å². The van der Waals surface area contributed by atoms with Gasteiger partial charge < -0.3 is 9.84 Å². The molecule has 8 nitrogen and oxygen atoms in total. The molecule has 9 heteroatoms. The number of piperidine rings is 1. The lowest BCUT2D eigenvalue weighted by Crippen LogP contribution is -2.46. The number of carbonyl (C=O) groups is 2. The number of nitrogens with one attached hydrogen (secondary N) is 2. The van der Waals surface area contributed by atoms with Gasteiger partial charge in [0.15, 0.2) is 0 Å². The van der Waals surface area contributed by atoms with Crippen LogP contribution in [0.1, 0.15) is 44.4 Å². The van der Waals surface area contributed by atoms with E-state index in [-0.39, 0.29) is 24.2 Å². The van der Waals surface area contributed by atoms with Crippen molar-refractivity contribution in [2.45, 2.75) is 38.5 Å². The number of nitrogens with zero attached hydrogens (tertiary/aromatic N) is 3. The summed E-state index contributed by atoms with van der Waals surface area (Å²) < 4.78 is 18.8. The van der Waals surface area contributed by atoms with E-state index in [0.29, 0.717) is 30.4 Å². The highest BCUT2D eigenvalue weighted by Crippen LogP contribution is 2.27. The Balaban J connectivity index is 1.53. The first-order valence-corrected chi connectivity index (χ1v) is 9.94. The number of aromatic nitrogens is 2. The van der Waals surface area contributed by atoms with Crippen LogP contribution in [0.15, 0.2) is 28.8 Å². The first-order valence-electron chi connectivity index (χ1n) is 9.94. The predicted molar refractivity (Wildman–Crippen MR) is 105 cm³/mol. The molecular formula is C20H26FN5O3. The van der Waals surface area contributed by atoms with Crippen molar-refractivity contribution < 1.29 is 18.5 Å². The summed E-state index contributed by atoms with van der Waals surface area (Å²) in [4.78, 5) is 30.2. The summed E-state index contributed by atoms with van der Waals surface area (Å²) in [7, 11) is 0. The van der Waals surface area contributed by atoms with Crippen molar-refractivity contribution in [1.82, 2.24) is 25.7 Å². The van der Waals surface area contributed by atoms with E-state index >= 15 is 0 Å². The van der Waals surface area contributed by atoms with Crippen molar-refractivity contribution >= 4 is 11.9 Å². The molecule has 156 valence electrons. The number of halogens is 1. The Morgan fingerprint density at radius 3 is 3.03 bits per heavy atom. The molecule has 0 radical (unpaired) electrons. The standard InChI is InChI=1S/C20H26FN5O3/c1-2-3-9-22-20(28)23-17(27)13-26-10-5-7-15(12-26)19-24-18(25-29-19)14-6-4-8-16(21)11-14/h4,6,8,11,15H,2-3,5,7,9-10,12-13H2,1H3,(H2,22,23,27,28). The summed E-state index contributed by atoms with van der Waals surface area (Å²) in [6.45, 7) is 4.04. The molecule has 0 aliphatic carbocycles. The topological polar surface area (TPSA) is 100 Å². The smallest absolute Gasteiger partial charge is 0.321 e. The fraction of sp³-hybridized carbons (Fsp3) is 0.500. The van der Waals surface area contributed by atoms with Gasteiger partial charge in [0.25, 0.3) is 0 Å². The van der Waals surface area contributed by atoms with Crippen molar-refractivity contribution in [3.8, 4) is 11.4 Å². The van der Waals surface area contributed by atoms with Gasteiger partial charge in [-0.1, -0.05) is 30.6 Å². The summed E-state index contributed by atoms with van der Waals surface area (Å²) in [6, 6.07) is 5.57. The molecule has 1 unspecified atom stereocenters. The summed E-state index contributed by atoms with van der Waals surface area (Å²) in [5.41, 5.74) is 0.557. The third-order valence-corrected chi connectivity index (χ3v) is 4.82. The molecule has 2 heterocycles. The quantitative estimate of drug-likeness (QED) is 0.690. The van der Waals surface area contributed by atoms with E-state index < -0.39 is 6.03 Å². The normalized spacial score (nSPS) is 17.1. The fourth-order valence-corrected chi connectivity index (χ4v) is 3.34. The second kappa shape index (κ2) is 10.1. The molecule has 29 heavy (non-hydrogen) atoms. The SMILES string of the molecule is CCCCNC(=O)NC(=O)CN1CCCC(c2nc(-c3cccc(F)c3)no2)C1. The molecule has 1 saturated heterocycles. The van der Waals surface area contributed by atoms with Crippen molar-refractivity contribution in [3.63, 3.8) is 0 Å². The Labute approximate surface area is 168 Å². The van der Waals surface area contributed by atoms with Crippen LogP contribution in [0.2, 0.25) is 0 Å². The van der Waals surface area contributed by atoms with Gasteiger partial charge in [0.05, 0.1) is 12.5 Å². The van der Waals surface area contributed by atoms with Crippen molar-refractivity contribution in [2.24, 2.45) is 0 Å². The Hall–Kier alpha value is -2.81. The van der Waals surface area contributed by atoms with E-state index in [4.69, 9.17) is 4.52 Å². The third-order valence-electron chi connectivity index (χ3n) is 4.82. The number of rotatable bonds is 7. The molecule has 0 saturated carbocycles. The van der Waals surface area contributed by atoms with E-state index in [1.165, 1.54) is 12.1 Å². The highest BCUT2D eigenvalue weighted by atomic mass is 19.1. The monoisotopic (exact) mass is 403 g/mol. The number of imide groups is 1. The lowest BCUT2D eigenvalue weighted by Gasteiger charge is -2.30. The summed E-state index contributed by atoms with van der Waals surface area (Å²) in [6.07, 6.45) is 3.58. The second-order valence-electron chi connectivity index (χ2n) is 7.20. The number of unbranched alkanes of at least 4 members (excludes halogenated alkanes) is 1. The van der Waals surface area contributed by atoms with Crippen LogP contribution in [0.4, 0.5) is 9.18 Å². The Kier molecular flexibility index (Phi) is 7.29. The van der Waals surface area contributed by atoms with Gasteiger partial charge in [-0.05, 0) is 37.9 Å². The number of carbonyl (C=O) groups excluding carboxylic acids is 2. The molecule has 0 spiro atoms. The lowest BCUT2D eigenvalue weighted by molar-refractivity contribution is -0.121. The summed E-state index contributed by atoms with van der Waals surface area (Å²) >= 11 is 0. The maximum Gasteiger partial charge on any atom is 0.321 e. The van der Waals surface area contributed by atoms with Gasteiger partial charge in [-0.25, -0.2) is 9.18 Å². The molecule has 1 aliphatic heterocycles. The van der Waals surface area contributed by atoms with Crippen LogP contribution in [0.5, 0.6) is 0 Å². The zero-order valence-corrected chi connectivity index (χ0v) is 16.5. The zero-order valence-electron chi connectivity index (χ0n) is 16.5. The van der Waals surface area contributed by atoms with Crippen LogP contribution in [0, 0.1) is 5.82 Å². The maximum absolute atomic E-state index is 13.4. The number of likely N-dealkylation sites (tertiary alicyclic amines) is 1. The van der Waals surface area contributed by atoms with Crippen molar-refractivity contribution in [2.75, 3.05) is 26.2 Å². The third kappa shape index (κ3) is 6.08. The number of benzene rings is 1. The van der Waals surface area contributed by atoms with Crippen LogP contribution < -0.4 is 10.6 Å². The minimum atomic E-state index is -0.464. The molecule has 1 atom stereocenters. The summed E-state index contributed by atoms with van der Waals surface area (Å²) in [5.74, 6) is 0.114.